The fourth-order valence-electron chi connectivity index (χ4n) is 2.53. The van der Waals surface area contributed by atoms with Crippen molar-refractivity contribution in [2.75, 3.05) is 5.32 Å². The average Bonchev–Trinajstić information content (AvgIpc) is 2.81. The zero-order valence-corrected chi connectivity index (χ0v) is 13.9. The highest BCUT2D eigenvalue weighted by atomic mass is 19.4. The molecule has 2 aromatic rings. The van der Waals surface area contributed by atoms with Gasteiger partial charge in [0.25, 0.3) is 5.56 Å². The molecule has 0 aliphatic carbocycles. The lowest BCUT2D eigenvalue weighted by Gasteiger charge is -2.16. The predicted molar refractivity (Wildman–Crippen MR) is 86.1 cm³/mol. The van der Waals surface area contributed by atoms with Gasteiger partial charge >= 0.3 is 6.18 Å². The molecule has 1 aliphatic heterocycles. The third-order valence-electron chi connectivity index (χ3n) is 3.58. The van der Waals surface area contributed by atoms with Crippen molar-refractivity contribution in [1.82, 2.24) is 4.57 Å². The number of ether oxygens (including phenoxy) is 2. The van der Waals surface area contributed by atoms with Crippen LogP contribution in [0.3, 0.4) is 0 Å². The minimum Gasteiger partial charge on any atom is -0.449 e. The van der Waals surface area contributed by atoms with Gasteiger partial charge in [-0.05, 0) is 24.3 Å². The maximum Gasteiger partial charge on any atom is 0.421 e. The summed E-state index contributed by atoms with van der Waals surface area (Å²) in [6.07, 6.45) is -3.65. The third kappa shape index (κ3) is 3.66. The topological polar surface area (TPSA) is 69.6 Å². The summed E-state index contributed by atoms with van der Waals surface area (Å²) in [5.41, 5.74) is -2.23. The molecular formula is C17H15F3N2O4. The van der Waals surface area contributed by atoms with Crippen molar-refractivity contribution in [3.05, 3.63) is 52.4 Å². The third-order valence-corrected chi connectivity index (χ3v) is 3.58. The van der Waals surface area contributed by atoms with E-state index in [9.17, 15) is 22.8 Å². The molecule has 9 heteroatoms. The molecule has 0 atom stereocenters. The molecular weight excluding hydrogens is 353 g/mol. The number of alkyl halides is 3. The number of anilines is 1. The molecule has 0 unspecified atom stereocenters. The molecule has 1 N–H and O–H groups in total. The van der Waals surface area contributed by atoms with E-state index in [1.54, 1.807) is 26.0 Å². The van der Waals surface area contributed by atoms with Crippen molar-refractivity contribution < 1.29 is 27.4 Å². The molecule has 26 heavy (non-hydrogen) atoms. The second kappa shape index (κ2) is 6.08. The number of fused-ring (bicyclic) bond motifs is 1. The van der Waals surface area contributed by atoms with Crippen LogP contribution in [0.4, 0.5) is 18.9 Å². The monoisotopic (exact) mass is 368 g/mol. The number of nitrogens with one attached hydrogen (secondary N) is 1. The Labute approximate surface area is 146 Å². The minimum absolute atomic E-state index is 0.370. The molecule has 2 heterocycles. The largest absolute Gasteiger partial charge is 0.449 e. The number of halogens is 3. The van der Waals surface area contributed by atoms with Crippen molar-refractivity contribution in [1.29, 1.82) is 0 Å². The molecule has 1 aromatic heterocycles. The Balaban J connectivity index is 1.74. The zero-order valence-electron chi connectivity index (χ0n) is 13.9. The number of benzene rings is 1. The molecule has 6 nitrogen and oxygen atoms in total. The van der Waals surface area contributed by atoms with E-state index in [-0.39, 0.29) is 0 Å². The zero-order chi connectivity index (χ0) is 19.1. The van der Waals surface area contributed by atoms with Crippen LogP contribution in [0.2, 0.25) is 0 Å². The van der Waals surface area contributed by atoms with Crippen molar-refractivity contribution in [2.24, 2.45) is 0 Å². The van der Waals surface area contributed by atoms with Crippen LogP contribution in [0.15, 0.2) is 41.3 Å². The molecule has 1 aliphatic rings. The predicted octanol–water partition coefficient (Wildman–Crippen LogP) is 3.01. The Morgan fingerprint density at radius 1 is 1.19 bits per heavy atom. The summed E-state index contributed by atoms with van der Waals surface area (Å²) < 4.78 is 50.1. The summed E-state index contributed by atoms with van der Waals surface area (Å²) in [6.45, 7) is 2.90. The Hall–Kier alpha value is -2.97. The van der Waals surface area contributed by atoms with Crippen molar-refractivity contribution >= 4 is 11.6 Å². The lowest BCUT2D eigenvalue weighted by Crippen LogP contribution is -2.31. The fourth-order valence-corrected chi connectivity index (χ4v) is 2.53. The van der Waals surface area contributed by atoms with Gasteiger partial charge in [-0.15, -0.1) is 0 Å². The van der Waals surface area contributed by atoms with Crippen molar-refractivity contribution in [3.63, 3.8) is 0 Å². The Bertz CT molecular complexity index is 919. The highest BCUT2D eigenvalue weighted by molar-refractivity contribution is 5.91. The lowest BCUT2D eigenvalue weighted by molar-refractivity contribution is -0.139. The molecule has 0 saturated carbocycles. The van der Waals surface area contributed by atoms with E-state index in [0.29, 0.717) is 27.8 Å². The van der Waals surface area contributed by atoms with Gasteiger partial charge in [-0.2, -0.15) is 13.2 Å². The molecule has 0 spiro atoms. The van der Waals surface area contributed by atoms with Gasteiger partial charge in [-0.1, -0.05) is 0 Å². The number of pyridine rings is 1. The molecule has 0 saturated heterocycles. The van der Waals surface area contributed by atoms with Gasteiger partial charge in [0.15, 0.2) is 11.5 Å². The highest BCUT2D eigenvalue weighted by Crippen LogP contribution is 2.40. The van der Waals surface area contributed by atoms with E-state index in [4.69, 9.17) is 9.47 Å². The summed E-state index contributed by atoms with van der Waals surface area (Å²) in [6, 6.07) is 6.46. The van der Waals surface area contributed by atoms with E-state index < -0.39 is 35.5 Å². The van der Waals surface area contributed by atoms with Crippen LogP contribution in [0.5, 0.6) is 11.5 Å². The molecule has 1 amide bonds. The number of hydrogen-bond donors (Lipinski definition) is 1. The fraction of sp³-hybridized carbons (Fsp3) is 0.294. The van der Waals surface area contributed by atoms with E-state index in [1.807, 2.05) is 0 Å². The number of amides is 1. The van der Waals surface area contributed by atoms with Gasteiger partial charge in [0.1, 0.15) is 12.1 Å². The van der Waals surface area contributed by atoms with E-state index in [2.05, 4.69) is 5.32 Å². The number of hydrogen-bond acceptors (Lipinski definition) is 4. The van der Waals surface area contributed by atoms with Crippen LogP contribution in [-0.2, 0) is 17.5 Å². The van der Waals surface area contributed by atoms with Gasteiger partial charge in [0, 0.05) is 31.8 Å². The normalized spacial score (nSPS) is 15.0. The average molecular weight is 368 g/mol. The number of rotatable bonds is 3. The lowest BCUT2D eigenvalue weighted by atomic mass is 10.2. The summed E-state index contributed by atoms with van der Waals surface area (Å²) in [7, 11) is 0. The van der Waals surface area contributed by atoms with Crippen LogP contribution >= 0.6 is 0 Å². The summed E-state index contributed by atoms with van der Waals surface area (Å²) >= 11 is 0. The van der Waals surface area contributed by atoms with Crippen LogP contribution in [0.25, 0.3) is 0 Å². The number of carbonyl (C=O) groups is 1. The van der Waals surface area contributed by atoms with E-state index in [0.717, 1.165) is 12.3 Å². The summed E-state index contributed by atoms with van der Waals surface area (Å²) in [5.74, 6) is -0.522. The van der Waals surface area contributed by atoms with Gasteiger partial charge < -0.3 is 19.4 Å². The first-order valence-corrected chi connectivity index (χ1v) is 7.64. The number of carbonyl (C=O) groups excluding carboxylic acids is 1. The standard InChI is InChI=1S/C17H15F3N2O4/c1-16(2)25-12-6-5-10(8-13(12)26-16)21-14(23)9-22-7-3-4-11(15(22)24)17(18,19)20/h3-8H,9H2,1-2H3,(H,21,23). The maximum absolute atomic E-state index is 12.8. The molecule has 3 rings (SSSR count). The summed E-state index contributed by atoms with van der Waals surface area (Å²) in [4.78, 5) is 24.0. The quantitative estimate of drug-likeness (QED) is 0.904. The maximum atomic E-state index is 12.8. The molecule has 138 valence electrons. The molecule has 1 aromatic carbocycles. The van der Waals surface area contributed by atoms with E-state index in [1.165, 1.54) is 6.07 Å². The molecule has 0 radical (unpaired) electrons. The van der Waals surface area contributed by atoms with Crippen LogP contribution < -0.4 is 20.3 Å². The minimum atomic E-state index is -4.78. The van der Waals surface area contributed by atoms with Crippen molar-refractivity contribution in [3.8, 4) is 11.5 Å². The second-order valence-electron chi connectivity index (χ2n) is 6.17. The van der Waals surface area contributed by atoms with Crippen LogP contribution in [0, 0.1) is 0 Å². The van der Waals surface area contributed by atoms with Crippen LogP contribution in [0.1, 0.15) is 19.4 Å². The SMILES string of the molecule is CC1(C)Oc2ccc(NC(=O)Cn3cccc(C(F)(F)F)c3=O)cc2O1. The Morgan fingerprint density at radius 3 is 2.58 bits per heavy atom. The molecule has 0 bridgehead atoms. The highest BCUT2D eigenvalue weighted by Gasteiger charge is 2.34. The first-order valence-electron chi connectivity index (χ1n) is 7.64. The first-order chi connectivity index (χ1) is 12.0. The molecule has 0 fully saturated rings. The van der Waals surface area contributed by atoms with E-state index >= 15 is 0 Å². The van der Waals surface area contributed by atoms with Gasteiger partial charge in [-0.3, -0.25) is 9.59 Å². The smallest absolute Gasteiger partial charge is 0.421 e. The van der Waals surface area contributed by atoms with Gasteiger partial charge in [0.05, 0.1) is 0 Å². The van der Waals surface area contributed by atoms with Gasteiger partial charge in [-0.25, -0.2) is 0 Å². The van der Waals surface area contributed by atoms with Crippen LogP contribution in [-0.4, -0.2) is 16.3 Å². The van der Waals surface area contributed by atoms with Gasteiger partial charge in [0.2, 0.25) is 11.7 Å². The summed E-state index contributed by atoms with van der Waals surface area (Å²) in [5, 5.41) is 2.52. The number of aromatic nitrogens is 1. The Morgan fingerprint density at radius 2 is 1.88 bits per heavy atom. The second-order valence-corrected chi connectivity index (χ2v) is 6.17. The number of nitrogens with zero attached hydrogens (tertiary/aromatic N) is 1. The first kappa shape index (κ1) is 17.8. The Kier molecular flexibility index (Phi) is 4.17. The van der Waals surface area contributed by atoms with Crippen molar-refractivity contribution in [2.45, 2.75) is 32.4 Å².